The topological polar surface area (TPSA) is 70.4 Å². The van der Waals surface area contributed by atoms with Crippen molar-refractivity contribution < 1.29 is 19.1 Å². The van der Waals surface area contributed by atoms with E-state index in [0.29, 0.717) is 5.75 Å². The second-order valence-corrected chi connectivity index (χ2v) is 5.44. The second-order valence-electron chi connectivity index (χ2n) is 5.44. The molecule has 1 heterocycles. The summed E-state index contributed by atoms with van der Waals surface area (Å²) in [6.45, 7) is 1.83. The molecule has 0 bridgehead atoms. The maximum absolute atomic E-state index is 12.8. The maximum Gasteiger partial charge on any atom is 0.355 e. The summed E-state index contributed by atoms with van der Waals surface area (Å²) < 4.78 is 12.2. The van der Waals surface area contributed by atoms with Crippen molar-refractivity contribution in [3.05, 3.63) is 78.6 Å². The molecule has 6 nitrogen and oxygen atoms in total. The molecule has 0 fully saturated rings. The van der Waals surface area contributed by atoms with E-state index >= 15 is 0 Å². The molecule has 0 amide bonds. The lowest BCUT2D eigenvalue weighted by Gasteiger charge is -2.16. The average molecular weight is 350 g/mol. The van der Waals surface area contributed by atoms with Gasteiger partial charge in [0.1, 0.15) is 5.75 Å². The Balaban J connectivity index is 1.85. The summed E-state index contributed by atoms with van der Waals surface area (Å²) >= 11 is 0. The summed E-state index contributed by atoms with van der Waals surface area (Å²) in [6.07, 6.45) is 1.60. The third-order valence-electron chi connectivity index (χ3n) is 3.62. The van der Waals surface area contributed by atoms with Gasteiger partial charge in [0.2, 0.25) is 5.78 Å². The van der Waals surface area contributed by atoms with Crippen LogP contribution in [0.5, 0.6) is 5.75 Å². The van der Waals surface area contributed by atoms with Crippen molar-refractivity contribution in [3.8, 4) is 11.4 Å². The van der Waals surface area contributed by atoms with Crippen molar-refractivity contribution in [2.24, 2.45) is 0 Å². The van der Waals surface area contributed by atoms with Crippen molar-refractivity contribution >= 4 is 11.8 Å². The van der Waals surface area contributed by atoms with E-state index in [9.17, 15) is 9.59 Å². The zero-order chi connectivity index (χ0) is 18.4. The molecule has 0 saturated heterocycles. The molecule has 1 atom stereocenters. The zero-order valence-corrected chi connectivity index (χ0v) is 14.2. The van der Waals surface area contributed by atoms with Crippen LogP contribution in [0.1, 0.15) is 17.3 Å². The van der Waals surface area contributed by atoms with Crippen molar-refractivity contribution in [2.75, 3.05) is 6.61 Å². The molecular weight excluding hydrogens is 332 g/mol. The monoisotopic (exact) mass is 350 g/mol. The minimum Gasteiger partial charge on any atom is -0.470 e. The molecule has 3 rings (SSSR count). The fraction of sp³-hybridized carbons (Fsp3) is 0.150. The molecule has 6 heteroatoms. The quantitative estimate of drug-likeness (QED) is 0.372. The maximum atomic E-state index is 12.8. The van der Waals surface area contributed by atoms with Crippen LogP contribution in [0, 0.1) is 0 Å². The van der Waals surface area contributed by atoms with Gasteiger partial charge in [-0.2, -0.15) is 5.10 Å². The van der Waals surface area contributed by atoms with Gasteiger partial charge in [-0.05, 0) is 31.2 Å². The third-order valence-corrected chi connectivity index (χ3v) is 3.62. The summed E-state index contributed by atoms with van der Waals surface area (Å²) in [5, 5.41) is 4.19. The minimum absolute atomic E-state index is 0.157. The number of rotatable bonds is 7. The molecule has 2 aromatic carbocycles. The lowest BCUT2D eigenvalue weighted by Crippen LogP contribution is -2.37. The van der Waals surface area contributed by atoms with Gasteiger partial charge in [0.15, 0.2) is 0 Å². The van der Waals surface area contributed by atoms with Crippen LogP contribution < -0.4 is 4.74 Å². The Kier molecular flexibility index (Phi) is 5.43. The average Bonchev–Trinajstić information content (AvgIpc) is 3.17. The summed E-state index contributed by atoms with van der Waals surface area (Å²) in [7, 11) is 0. The Bertz CT molecular complexity index is 875. The van der Waals surface area contributed by atoms with E-state index in [4.69, 9.17) is 9.47 Å². The standard InChI is InChI=1S/C20H18N2O4/c1-2-25-20(24)19(26-17-11-7-4-8-12-17)18(23)15-13-21-22(14-15)16-9-5-3-6-10-16/h3-14,19H,2H2,1H3. The minimum atomic E-state index is -1.38. The lowest BCUT2D eigenvalue weighted by atomic mass is 10.1. The number of hydrogen-bond acceptors (Lipinski definition) is 5. The first kappa shape index (κ1) is 17.4. The van der Waals surface area contributed by atoms with Gasteiger partial charge in [-0.1, -0.05) is 36.4 Å². The molecule has 132 valence electrons. The van der Waals surface area contributed by atoms with Gasteiger partial charge in [-0.3, -0.25) is 4.79 Å². The Morgan fingerprint density at radius 1 is 1.04 bits per heavy atom. The van der Waals surface area contributed by atoms with Gasteiger partial charge in [0, 0.05) is 6.20 Å². The molecule has 0 saturated carbocycles. The molecule has 26 heavy (non-hydrogen) atoms. The van der Waals surface area contributed by atoms with E-state index in [-0.39, 0.29) is 12.2 Å². The number of benzene rings is 2. The van der Waals surface area contributed by atoms with E-state index < -0.39 is 17.9 Å². The smallest absolute Gasteiger partial charge is 0.355 e. The molecule has 0 spiro atoms. The highest BCUT2D eigenvalue weighted by Crippen LogP contribution is 2.16. The SMILES string of the molecule is CCOC(=O)C(Oc1ccccc1)C(=O)c1cnn(-c2ccccc2)c1. The van der Waals surface area contributed by atoms with E-state index in [0.717, 1.165) is 5.69 Å². The van der Waals surface area contributed by atoms with Crippen LogP contribution in [0.15, 0.2) is 73.1 Å². The first-order valence-corrected chi connectivity index (χ1v) is 8.21. The molecule has 1 aromatic heterocycles. The number of ether oxygens (including phenoxy) is 2. The summed E-state index contributed by atoms with van der Waals surface area (Å²) in [6, 6.07) is 18.1. The fourth-order valence-electron chi connectivity index (χ4n) is 2.39. The number of carbonyl (C=O) groups is 2. The molecule has 1 unspecified atom stereocenters. The number of ketones is 1. The first-order valence-electron chi connectivity index (χ1n) is 8.21. The van der Waals surface area contributed by atoms with E-state index in [1.807, 2.05) is 36.4 Å². The number of aromatic nitrogens is 2. The Morgan fingerprint density at radius 3 is 2.35 bits per heavy atom. The van der Waals surface area contributed by atoms with Crippen LogP contribution >= 0.6 is 0 Å². The lowest BCUT2D eigenvalue weighted by molar-refractivity contribution is -0.149. The van der Waals surface area contributed by atoms with E-state index in [1.54, 1.807) is 42.1 Å². The molecule has 0 aliphatic carbocycles. The van der Waals surface area contributed by atoms with Crippen LogP contribution in [0.4, 0.5) is 0 Å². The first-order chi connectivity index (χ1) is 12.7. The Morgan fingerprint density at radius 2 is 1.69 bits per heavy atom. The number of para-hydroxylation sites is 2. The van der Waals surface area contributed by atoms with Crippen LogP contribution in [-0.2, 0) is 9.53 Å². The Hall–Kier alpha value is -3.41. The third kappa shape index (κ3) is 3.97. The highest BCUT2D eigenvalue weighted by Gasteiger charge is 2.32. The normalized spacial score (nSPS) is 11.6. The number of hydrogen-bond donors (Lipinski definition) is 0. The number of carbonyl (C=O) groups excluding carboxylic acids is 2. The van der Waals surface area contributed by atoms with Crippen LogP contribution in [0.25, 0.3) is 5.69 Å². The van der Waals surface area contributed by atoms with Crippen molar-refractivity contribution in [2.45, 2.75) is 13.0 Å². The highest BCUT2D eigenvalue weighted by molar-refractivity contribution is 6.11. The molecule has 0 aliphatic rings. The summed E-state index contributed by atoms with van der Waals surface area (Å²) in [4.78, 5) is 25.1. The van der Waals surface area contributed by atoms with Crippen molar-refractivity contribution in [1.82, 2.24) is 9.78 Å². The van der Waals surface area contributed by atoms with Gasteiger partial charge in [0.25, 0.3) is 6.10 Å². The van der Waals surface area contributed by atoms with Crippen LogP contribution in [0.2, 0.25) is 0 Å². The Labute approximate surface area is 151 Å². The largest absolute Gasteiger partial charge is 0.470 e. The highest BCUT2D eigenvalue weighted by atomic mass is 16.6. The van der Waals surface area contributed by atoms with E-state index in [2.05, 4.69) is 5.10 Å². The predicted molar refractivity (Wildman–Crippen MR) is 95.4 cm³/mol. The van der Waals surface area contributed by atoms with Gasteiger partial charge < -0.3 is 9.47 Å². The number of nitrogens with zero attached hydrogens (tertiary/aromatic N) is 2. The predicted octanol–water partition coefficient (Wildman–Crippen LogP) is 3.07. The molecule has 0 N–H and O–H groups in total. The van der Waals surface area contributed by atoms with Crippen molar-refractivity contribution in [3.63, 3.8) is 0 Å². The van der Waals surface area contributed by atoms with E-state index in [1.165, 1.54) is 6.20 Å². The van der Waals surface area contributed by atoms with Gasteiger partial charge in [0.05, 0.1) is 24.1 Å². The number of esters is 1. The summed E-state index contributed by atoms with van der Waals surface area (Å²) in [5.74, 6) is -0.822. The second kappa shape index (κ2) is 8.11. The molecular formula is C20H18N2O4. The van der Waals surface area contributed by atoms with Gasteiger partial charge in [-0.15, -0.1) is 0 Å². The molecule has 3 aromatic rings. The zero-order valence-electron chi connectivity index (χ0n) is 14.2. The number of Topliss-reactive ketones (excluding diaryl/α,β-unsaturated/α-hetero) is 1. The molecule has 0 radical (unpaired) electrons. The van der Waals surface area contributed by atoms with Crippen molar-refractivity contribution in [1.29, 1.82) is 0 Å². The van der Waals surface area contributed by atoms with Crippen LogP contribution in [-0.4, -0.2) is 34.2 Å². The molecule has 0 aliphatic heterocycles. The van der Waals surface area contributed by atoms with Crippen LogP contribution in [0.3, 0.4) is 0 Å². The fourth-order valence-corrected chi connectivity index (χ4v) is 2.39. The van der Waals surface area contributed by atoms with Gasteiger partial charge >= 0.3 is 5.97 Å². The summed E-state index contributed by atoms with van der Waals surface area (Å²) in [5.41, 5.74) is 1.08. The van der Waals surface area contributed by atoms with Gasteiger partial charge in [-0.25, -0.2) is 9.48 Å².